The average Bonchev–Trinajstić information content (AvgIpc) is 2.77. The van der Waals surface area contributed by atoms with Crippen LogP contribution in [-0.4, -0.2) is 11.1 Å². The van der Waals surface area contributed by atoms with E-state index < -0.39 is 34.8 Å². The largest absolute Gasteiger partial charge is 0.478 e. The van der Waals surface area contributed by atoms with Gasteiger partial charge in [0.05, 0.1) is 5.56 Å². The Morgan fingerprint density at radius 1 is 0.812 bits per heavy atom. The van der Waals surface area contributed by atoms with Gasteiger partial charge in [0.1, 0.15) is 5.82 Å². The third-order valence-corrected chi connectivity index (χ3v) is 7.62. The Morgan fingerprint density at radius 2 is 1.34 bits per heavy atom. The minimum absolute atomic E-state index is 0.0442. The van der Waals surface area contributed by atoms with Crippen molar-refractivity contribution in [2.24, 2.45) is 17.8 Å². The molecule has 4 rings (SSSR count). The number of aromatic carboxylic acids is 1. The van der Waals surface area contributed by atoms with Crippen molar-refractivity contribution in [3.63, 3.8) is 0 Å². The molecule has 32 heavy (non-hydrogen) atoms. The number of benzene rings is 2. The molecule has 0 radical (unpaired) electrons. The van der Waals surface area contributed by atoms with Gasteiger partial charge in [-0.25, -0.2) is 22.4 Å². The van der Waals surface area contributed by atoms with Crippen LogP contribution in [0.2, 0.25) is 0 Å². The minimum atomic E-state index is -1.63. The third-order valence-electron chi connectivity index (χ3n) is 7.62. The molecule has 0 amide bonds. The molecule has 2 fully saturated rings. The van der Waals surface area contributed by atoms with Crippen molar-refractivity contribution in [1.29, 1.82) is 0 Å². The van der Waals surface area contributed by atoms with Crippen LogP contribution in [0.3, 0.4) is 0 Å². The molecule has 2 aliphatic carbocycles. The van der Waals surface area contributed by atoms with Gasteiger partial charge < -0.3 is 5.11 Å². The summed E-state index contributed by atoms with van der Waals surface area (Å²) in [6.07, 6.45) is 8.63. The summed E-state index contributed by atoms with van der Waals surface area (Å²) in [6, 6.07) is 4.23. The SMILES string of the molecule is CC1CCC(C2CCC(c3ccc(C(=O)O)c(F)c3-c3cc(F)c(F)c(F)c3)CC2)CC1. The second-order valence-corrected chi connectivity index (χ2v) is 9.58. The smallest absolute Gasteiger partial charge is 0.338 e. The monoisotopic (exact) mass is 448 g/mol. The number of hydrogen-bond acceptors (Lipinski definition) is 1. The van der Waals surface area contributed by atoms with Crippen molar-refractivity contribution in [2.45, 2.75) is 64.2 Å². The molecular formula is C26H28F4O2. The van der Waals surface area contributed by atoms with E-state index in [2.05, 4.69) is 6.92 Å². The molecule has 0 bridgehead atoms. The Bertz CT molecular complexity index is 980. The van der Waals surface area contributed by atoms with Crippen LogP contribution < -0.4 is 0 Å². The predicted molar refractivity (Wildman–Crippen MR) is 114 cm³/mol. The van der Waals surface area contributed by atoms with E-state index in [9.17, 15) is 23.1 Å². The molecule has 172 valence electrons. The van der Waals surface area contributed by atoms with Crippen LogP contribution in [0.15, 0.2) is 24.3 Å². The van der Waals surface area contributed by atoms with E-state index in [0.717, 1.165) is 49.7 Å². The van der Waals surface area contributed by atoms with Crippen molar-refractivity contribution in [2.75, 3.05) is 0 Å². The molecule has 0 atom stereocenters. The average molecular weight is 449 g/mol. The van der Waals surface area contributed by atoms with Gasteiger partial charge in [-0.15, -0.1) is 0 Å². The summed E-state index contributed by atoms with van der Waals surface area (Å²) in [5.41, 5.74) is -0.356. The highest BCUT2D eigenvalue weighted by Gasteiger charge is 2.32. The van der Waals surface area contributed by atoms with E-state index in [1.807, 2.05) is 0 Å². The third kappa shape index (κ3) is 4.41. The molecule has 2 aromatic rings. The molecular weight excluding hydrogens is 420 g/mol. The molecule has 0 aliphatic heterocycles. The number of carboxylic acid groups (broad SMARTS) is 1. The fourth-order valence-electron chi connectivity index (χ4n) is 5.75. The lowest BCUT2D eigenvalue weighted by Crippen LogP contribution is -2.25. The first-order valence-corrected chi connectivity index (χ1v) is 11.5. The maximum atomic E-state index is 15.3. The van der Waals surface area contributed by atoms with Crippen molar-refractivity contribution >= 4 is 5.97 Å². The van der Waals surface area contributed by atoms with E-state index >= 15 is 4.39 Å². The summed E-state index contributed by atoms with van der Waals surface area (Å²) in [5, 5.41) is 9.34. The Hall–Kier alpha value is -2.37. The highest BCUT2D eigenvalue weighted by atomic mass is 19.2. The van der Waals surface area contributed by atoms with Crippen LogP contribution in [0.4, 0.5) is 17.6 Å². The lowest BCUT2D eigenvalue weighted by atomic mass is 9.68. The maximum absolute atomic E-state index is 15.3. The van der Waals surface area contributed by atoms with E-state index in [-0.39, 0.29) is 17.0 Å². The molecule has 2 saturated carbocycles. The zero-order valence-electron chi connectivity index (χ0n) is 18.1. The zero-order valence-corrected chi connectivity index (χ0v) is 18.1. The molecule has 0 unspecified atom stereocenters. The van der Waals surface area contributed by atoms with Crippen molar-refractivity contribution in [3.05, 3.63) is 58.7 Å². The molecule has 2 nitrogen and oxygen atoms in total. The maximum Gasteiger partial charge on any atom is 0.338 e. The van der Waals surface area contributed by atoms with E-state index in [1.165, 1.54) is 31.7 Å². The van der Waals surface area contributed by atoms with Gasteiger partial charge in [0.15, 0.2) is 17.5 Å². The fraction of sp³-hybridized carbons (Fsp3) is 0.500. The van der Waals surface area contributed by atoms with Gasteiger partial charge in [-0.1, -0.05) is 25.8 Å². The molecule has 0 aromatic heterocycles. The van der Waals surface area contributed by atoms with Gasteiger partial charge in [0, 0.05) is 5.56 Å². The van der Waals surface area contributed by atoms with Gasteiger partial charge in [-0.05, 0) is 91.5 Å². The summed E-state index contributed by atoms with van der Waals surface area (Å²) < 4.78 is 56.6. The van der Waals surface area contributed by atoms with E-state index in [1.54, 1.807) is 6.07 Å². The van der Waals surface area contributed by atoms with Gasteiger partial charge in [-0.2, -0.15) is 0 Å². The Morgan fingerprint density at radius 3 is 1.88 bits per heavy atom. The quantitative estimate of drug-likeness (QED) is 0.384. The first-order valence-electron chi connectivity index (χ1n) is 11.5. The lowest BCUT2D eigenvalue weighted by molar-refractivity contribution is 0.0692. The number of carbonyl (C=O) groups is 1. The topological polar surface area (TPSA) is 37.3 Å². The fourth-order valence-corrected chi connectivity index (χ4v) is 5.75. The molecule has 0 spiro atoms. The van der Waals surface area contributed by atoms with Crippen LogP contribution >= 0.6 is 0 Å². The highest BCUT2D eigenvalue weighted by Crippen LogP contribution is 2.46. The molecule has 1 N–H and O–H groups in total. The zero-order chi connectivity index (χ0) is 23.0. The van der Waals surface area contributed by atoms with Crippen LogP contribution in [0.25, 0.3) is 11.1 Å². The first kappa shape index (κ1) is 22.8. The van der Waals surface area contributed by atoms with E-state index in [4.69, 9.17) is 0 Å². The number of halogens is 4. The van der Waals surface area contributed by atoms with E-state index in [0.29, 0.717) is 11.5 Å². The van der Waals surface area contributed by atoms with Crippen molar-refractivity contribution < 1.29 is 27.5 Å². The number of carboxylic acids is 1. The number of hydrogen-bond donors (Lipinski definition) is 1. The minimum Gasteiger partial charge on any atom is -0.478 e. The van der Waals surface area contributed by atoms with Crippen molar-refractivity contribution in [3.8, 4) is 11.1 Å². The molecule has 2 aliphatic rings. The van der Waals surface area contributed by atoms with Gasteiger partial charge in [-0.3, -0.25) is 0 Å². The summed E-state index contributed by atoms with van der Waals surface area (Å²) in [6.45, 7) is 2.30. The normalized spacial score (nSPS) is 26.2. The Balaban J connectivity index is 1.65. The van der Waals surface area contributed by atoms with Crippen LogP contribution in [0.5, 0.6) is 0 Å². The van der Waals surface area contributed by atoms with Gasteiger partial charge >= 0.3 is 5.97 Å². The lowest BCUT2D eigenvalue weighted by Gasteiger charge is -2.37. The summed E-state index contributed by atoms with van der Waals surface area (Å²) in [4.78, 5) is 11.5. The summed E-state index contributed by atoms with van der Waals surface area (Å²) >= 11 is 0. The van der Waals surface area contributed by atoms with Crippen LogP contribution in [-0.2, 0) is 0 Å². The predicted octanol–water partition coefficient (Wildman–Crippen LogP) is 7.71. The highest BCUT2D eigenvalue weighted by molar-refractivity contribution is 5.90. The number of rotatable bonds is 4. The second kappa shape index (κ2) is 9.24. The summed E-state index contributed by atoms with van der Waals surface area (Å²) in [5.74, 6) is -4.90. The second-order valence-electron chi connectivity index (χ2n) is 9.58. The van der Waals surface area contributed by atoms with Gasteiger partial charge in [0.2, 0.25) is 0 Å². The molecule has 2 aromatic carbocycles. The van der Waals surface area contributed by atoms with Crippen LogP contribution in [0.1, 0.15) is 80.1 Å². The van der Waals surface area contributed by atoms with Crippen molar-refractivity contribution in [1.82, 2.24) is 0 Å². The Labute approximate surface area is 185 Å². The van der Waals surface area contributed by atoms with Gasteiger partial charge in [0.25, 0.3) is 0 Å². The standard InChI is InChI=1S/C26H28F4O2/c1-14-2-4-15(5-3-14)16-6-8-17(9-7-16)19-10-11-20(26(31)32)24(29)23(19)18-12-21(27)25(30)22(28)13-18/h10-17H,2-9H2,1H3,(H,31,32). The Kier molecular flexibility index (Phi) is 6.59. The first-order chi connectivity index (χ1) is 15.3. The molecule has 6 heteroatoms. The molecule has 0 saturated heterocycles. The van der Waals surface area contributed by atoms with Crippen LogP contribution in [0, 0.1) is 41.0 Å². The molecule has 0 heterocycles. The summed E-state index contributed by atoms with van der Waals surface area (Å²) in [7, 11) is 0.